The van der Waals surface area contributed by atoms with Gasteiger partial charge in [0.2, 0.25) is 13.2 Å². The topological polar surface area (TPSA) is 108 Å². The molecule has 0 saturated heterocycles. The van der Waals surface area contributed by atoms with Crippen molar-refractivity contribution in [2.75, 3.05) is 0 Å². The molecule has 0 aliphatic rings. The lowest BCUT2D eigenvalue weighted by atomic mass is 9.76. The van der Waals surface area contributed by atoms with Gasteiger partial charge in [0.15, 0.2) is 0 Å². The lowest BCUT2D eigenvalue weighted by Gasteiger charge is -2.39. The number of aliphatic carboxylic acids is 1. The van der Waals surface area contributed by atoms with E-state index >= 15 is 0 Å². The minimum absolute atomic E-state index is 0.0113. The number of carbonyl (C=O) groups is 1. The summed E-state index contributed by atoms with van der Waals surface area (Å²) in [6, 6.07) is 10.8. The molecule has 9 heteroatoms. The number of halogens is 1. The maximum absolute atomic E-state index is 13.7. The Bertz CT molecular complexity index is 1230. The lowest BCUT2D eigenvalue weighted by molar-refractivity contribution is -0.145. The molecule has 0 fully saturated rings. The van der Waals surface area contributed by atoms with Crippen molar-refractivity contribution in [1.82, 2.24) is 4.98 Å². The summed E-state index contributed by atoms with van der Waals surface area (Å²) in [6.07, 6.45) is 5.48. The van der Waals surface area contributed by atoms with Crippen LogP contribution in [0.3, 0.4) is 0 Å². The second-order valence-electron chi connectivity index (χ2n) is 8.03. The first-order valence-corrected chi connectivity index (χ1v) is 12.2. The molecule has 3 N–H and O–H groups in total. The Morgan fingerprint density at radius 3 is 2.36 bits per heavy atom. The summed E-state index contributed by atoms with van der Waals surface area (Å²) in [6.45, 7) is 4.71. The Kier molecular flexibility index (Phi) is 6.92. The van der Waals surface area contributed by atoms with Crippen LogP contribution in [0.4, 0.5) is 4.39 Å². The van der Waals surface area contributed by atoms with Crippen molar-refractivity contribution in [3.63, 3.8) is 0 Å². The molecular formula is C24H23FNO5PS. The number of rotatable bonds is 7. The number of pyridine rings is 1. The van der Waals surface area contributed by atoms with Crippen LogP contribution in [0.5, 0.6) is 0 Å². The number of hydrogen-bond acceptors (Lipinski definition) is 5. The number of hydrogen-bond donors (Lipinski definition) is 3. The molecule has 33 heavy (non-hydrogen) atoms. The van der Waals surface area contributed by atoms with Gasteiger partial charge in [-0.1, -0.05) is 38.0 Å². The highest BCUT2D eigenvalue weighted by Crippen LogP contribution is 2.52. The van der Waals surface area contributed by atoms with Gasteiger partial charge < -0.3 is 15.1 Å². The van der Waals surface area contributed by atoms with Gasteiger partial charge in [-0.15, -0.1) is 17.8 Å². The molecule has 0 amide bonds. The first kappa shape index (κ1) is 24.8. The first-order valence-electron chi connectivity index (χ1n) is 9.99. The Morgan fingerprint density at radius 2 is 1.91 bits per heavy atom. The fourth-order valence-corrected chi connectivity index (χ4v) is 5.40. The van der Waals surface area contributed by atoms with Gasteiger partial charge >= 0.3 is 5.97 Å². The van der Waals surface area contributed by atoms with Gasteiger partial charge in [-0.3, -0.25) is 9.55 Å². The van der Waals surface area contributed by atoms with Crippen molar-refractivity contribution in [2.45, 2.75) is 37.4 Å². The molecule has 0 saturated carbocycles. The molecule has 3 rings (SSSR count). The normalized spacial score (nSPS) is 15.9. The molecule has 0 aliphatic heterocycles. The first-order chi connectivity index (χ1) is 15.5. The summed E-state index contributed by atoms with van der Waals surface area (Å²) in [5, 5.41) is 20.7. The Labute approximate surface area is 195 Å². The van der Waals surface area contributed by atoms with Gasteiger partial charge in [-0.05, 0) is 53.6 Å². The number of thiophene rings is 1. The molecule has 6 nitrogen and oxygen atoms in total. The van der Waals surface area contributed by atoms with Crippen LogP contribution in [0.1, 0.15) is 37.9 Å². The number of aromatic nitrogens is 1. The van der Waals surface area contributed by atoms with Gasteiger partial charge in [-0.2, -0.15) is 0 Å². The van der Waals surface area contributed by atoms with Crippen molar-refractivity contribution in [2.24, 2.45) is 0 Å². The highest BCUT2D eigenvalue weighted by atomic mass is 32.1. The Morgan fingerprint density at radius 1 is 1.27 bits per heavy atom. The maximum atomic E-state index is 13.7. The van der Waals surface area contributed by atoms with E-state index in [2.05, 4.69) is 0 Å². The van der Waals surface area contributed by atoms with Crippen molar-refractivity contribution in [1.29, 1.82) is 0 Å². The number of benzene rings is 1. The highest BCUT2D eigenvalue weighted by Gasteiger charge is 2.60. The molecule has 3 unspecified atom stereocenters. The average molecular weight is 487 g/mol. The standard InChI is InChI=1S/C24H23FNO5PS/c1-5-24(22(27)28,32(30)31)23(4,29)20-17(15-8-10-16(25)11-9-15)13-18(19-7-6-12-33-19)26-21(20)14(2)3/h1,6-14,29,32H,2-4H3,(H,27,28)(H,30,31). The summed E-state index contributed by atoms with van der Waals surface area (Å²) in [5.74, 6) is -0.708. The maximum Gasteiger partial charge on any atom is 0.335 e. The third-order valence-corrected chi connectivity index (χ3v) is 7.98. The summed E-state index contributed by atoms with van der Waals surface area (Å²) in [4.78, 5) is 27.8. The number of carboxylic acid groups (broad SMARTS) is 1. The van der Waals surface area contributed by atoms with Gasteiger partial charge in [-0.25, -0.2) is 9.18 Å². The zero-order valence-corrected chi connectivity index (χ0v) is 20.0. The largest absolute Gasteiger partial charge is 0.480 e. The molecule has 2 heterocycles. The molecule has 0 spiro atoms. The van der Waals surface area contributed by atoms with Crippen LogP contribution in [0.15, 0.2) is 47.8 Å². The van der Waals surface area contributed by atoms with E-state index < -0.39 is 30.6 Å². The van der Waals surface area contributed by atoms with Crippen LogP contribution in [0.25, 0.3) is 21.7 Å². The average Bonchev–Trinajstić information content (AvgIpc) is 3.28. The van der Waals surface area contributed by atoms with Crippen molar-refractivity contribution < 1.29 is 28.9 Å². The number of aliphatic hydroxyl groups is 1. The van der Waals surface area contributed by atoms with Gasteiger partial charge in [0.1, 0.15) is 11.4 Å². The van der Waals surface area contributed by atoms with Gasteiger partial charge in [0.05, 0.1) is 16.3 Å². The summed E-state index contributed by atoms with van der Waals surface area (Å²) in [7, 11) is -4.01. The number of carboxylic acids is 1. The predicted octanol–water partition coefficient (Wildman–Crippen LogP) is 4.87. The van der Waals surface area contributed by atoms with Crippen LogP contribution in [-0.4, -0.2) is 31.2 Å². The molecule has 0 aliphatic carbocycles. The van der Waals surface area contributed by atoms with E-state index in [-0.39, 0.29) is 11.5 Å². The van der Waals surface area contributed by atoms with Crippen molar-refractivity contribution in [3.05, 3.63) is 64.9 Å². The van der Waals surface area contributed by atoms with E-state index in [1.807, 2.05) is 23.4 Å². The molecule has 3 atom stereocenters. The summed E-state index contributed by atoms with van der Waals surface area (Å²) >= 11 is 1.44. The third-order valence-electron chi connectivity index (χ3n) is 5.60. The predicted molar refractivity (Wildman–Crippen MR) is 127 cm³/mol. The number of nitrogens with zero attached hydrogens (tertiary/aromatic N) is 1. The quantitative estimate of drug-likeness (QED) is 0.324. The van der Waals surface area contributed by atoms with Crippen molar-refractivity contribution in [3.8, 4) is 34.0 Å². The zero-order valence-electron chi connectivity index (χ0n) is 18.2. The van der Waals surface area contributed by atoms with Crippen LogP contribution in [-0.2, 0) is 15.0 Å². The minimum Gasteiger partial charge on any atom is -0.480 e. The van der Waals surface area contributed by atoms with Gasteiger partial charge in [0.25, 0.3) is 0 Å². The number of terminal acetylenes is 1. The van der Waals surface area contributed by atoms with E-state index in [9.17, 15) is 28.9 Å². The second-order valence-corrected chi connectivity index (χ2v) is 10.3. The van der Waals surface area contributed by atoms with E-state index in [0.717, 1.165) is 11.8 Å². The molecular weight excluding hydrogens is 464 g/mol. The zero-order chi connectivity index (χ0) is 24.6. The van der Waals surface area contributed by atoms with E-state index in [1.165, 1.54) is 35.6 Å². The van der Waals surface area contributed by atoms with Crippen LogP contribution in [0.2, 0.25) is 0 Å². The summed E-state index contributed by atoms with van der Waals surface area (Å²) < 4.78 is 26.0. The third kappa shape index (κ3) is 4.14. The molecule has 172 valence electrons. The van der Waals surface area contributed by atoms with E-state index in [4.69, 9.17) is 11.4 Å². The van der Waals surface area contributed by atoms with E-state index in [0.29, 0.717) is 22.5 Å². The Hall–Kier alpha value is -2.82. The fourth-order valence-electron chi connectivity index (χ4n) is 3.86. The molecule has 0 bridgehead atoms. The molecule has 0 radical (unpaired) electrons. The van der Waals surface area contributed by atoms with Gasteiger partial charge in [0, 0.05) is 5.56 Å². The van der Waals surface area contributed by atoms with Crippen LogP contribution >= 0.6 is 19.4 Å². The second kappa shape index (κ2) is 9.20. The molecule has 3 aromatic rings. The lowest BCUT2D eigenvalue weighted by Crippen LogP contribution is -2.53. The monoisotopic (exact) mass is 487 g/mol. The minimum atomic E-state index is -4.01. The van der Waals surface area contributed by atoms with E-state index in [1.54, 1.807) is 19.9 Å². The van der Waals surface area contributed by atoms with Crippen LogP contribution in [0, 0.1) is 18.2 Å². The summed E-state index contributed by atoms with van der Waals surface area (Å²) in [5.41, 5.74) is -0.811. The van der Waals surface area contributed by atoms with Crippen molar-refractivity contribution >= 4 is 25.3 Å². The molecule has 1 aromatic carbocycles. The molecule has 2 aromatic heterocycles. The smallest absolute Gasteiger partial charge is 0.335 e. The van der Waals surface area contributed by atoms with Crippen LogP contribution < -0.4 is 0 Å². The fraction of sp³-hybridized carbons (Fsp3) is 0.250. The Balaban J connectivity index is 2.50. The highest BCUT2D eigenvalue weighted by molar-refractivity contribution is 7.42. The SMILES string of the molecule is C#CC(C(=O)O)([PH](=O)O)C(C)(O)c1c(-c2ccc(F)cc2)cc(-c2cccs2)nc1C(C)C.